The van der Waals surface area contributed by atoms with Crippen molar-refractivity contribution in [2.24, 2.45) is 11.8 Å². The van der Waals surface area contributed by atoms with Crippen LogP contribution < -0.4 is 0 Å². The van der Waals surface area contributed by atoms with Crippen molar-refractivity contribution in [3.63, 3.8) is 0 Å². The summed E-state index contributed by atoms with van der Waals surface area (Å²) in [5.74, 6) is 2.00. The summed E-state index contributed by atoms with van der Waals surface area (Å²) in [4.78, 5) is 2.71. The van der Waals surface area contributed by atoms with Crippen LogP contribution in [-0.2, 0) is 0 Å². The highest BCUT2D eigenvalue weighted by Gasteiger charge is 2.33. The second-order valence-electron chi connectivity index (χ2n) is 4.82. The molecule has 2 unspecified atom stereocenters. The molecule has 0 amide bonds. The largest absolute Gasteiger partial charge is 0.300 e. The zero-order chi connectivity index (χ0) is 8.55. The van der Waals surface area contributed by atoms with Crippen molar-refractivity contribution in [1.82, 2.24) is 4.90 Å². The predicted molar refractivity (Wildman–Crippen MR) is 52.2 cm³/mol. The lowest BCUT2D eigenvalue weighted by molar-refractivity contribution is 0.126. The molecule has 2 atom stereocenters. The third-order valence-electron chi connectivity index (χ3n) is 3.57. The van der Waals surface area contributed by atoms with E-state index in [2.05, 4.69) is 18.7 Å². The van der Waals surface area contributed by atoms with Gasteiger partial charge in [-0.25, -0.2) is 0 Å². The van der Waals surface area contributed by atoms with Crippen molar-refractivity contribution in [1.29, 1.82) is 0 Å². The molecule has 0 radical (unpaired) electrons. The first-order chi connectivity index (χ1) is 5.77. The average Bonchev–Trinajstić information content (AvgIpc) is 2.85. The monoisotopic (exact) mass is 167 g/mol. The first-order valence-electron chi connectivity index (χ1n) is 5.51. The van der Waals surface area contributed by atoms with E-state index in [1.807, 2.05) is 0 Å². The molecule has 1 aliphatic carbocycles. The minimum absolute atomic E-state index is 0.882. The Labute approximate surface area is 76.1 Å². The fourth-order valence-electron chi connectivity index (χ4n) is 2.47. The molecule has 0 bridgehead atoms. The fourth-order valence-corrected chi connectivity index (χ4v) is 2.47. The second-order valence-corrected chi connectivity index (χ2v) is 4.82. The maximum absolute atomic E-state index is 2.71. The van der Waals surface area contributed by atoms with Gasteiger partial charge in [0.25, 0.3) is 0 Å². The smallest absolute Gasteiger partial charge is 0.00953 e. The van der Waals surface area contributed by atoms with Crippen LogP contribution in [0.5, 0.6) is 0 Å². The summed E-state index contributed by atoms with van der Waals surface area (Å²) in [6.07, 6.45) is 5.87. The normalized spacial score (nSPS) is 35.0. The van der Waals surface area contributed by atoms with Crippen molar-refractivity contribution in [3.8, 4) is 0 Å². The molecule has 70 valence electrons. The van der Waals surface area contributed by atoms with Crippen LogP contribution in [0.2, 0.25) is 0 Å². The Morgan fingerprint density at radius 3 is 2.58 bits per heavy atom. The van der Waals surface area contributed by atoms with Gasteiger partial charge in [0.2, 0.25) is 0 Å². The molecule has 12 heavy (non-hydrogen) atoms. The Hall–Kier alpha value is -0.0400. The Morgan fingerprint density at radius 1 is 1.25 bits per heavy atom. The molecule has 1 aliphatic heterocycles. The topological polar surface area (TPSA) is 3.24 Å². The lowest BCUT2D eigenvalue weighted by atomic mass is 9.98. The number of hydrogen-bond acceptors (Lipinski definition) is 1. The summed E-state index contributed by atoms with van der Waals surface area (Å²) in [7, 11) is 0. The third kappa shape index (κ3) is 1.82. The SMILES string of the molecule is CC1CCCN(C(C)C2CC2)C1. The van der Waals surface area contributed by atoms with Gasteiger partial charge in [0.05, 0.1) is 0 Å². The fraction of sp³-hybridized carbons (Fsp3) is 1.00. The van der Waals surface area contributed by atoms with Gasteiger partial charge >= 0.3 is 0 Å². The van der Waals surface area contributed by atoms with Gasteiger partial charge in [0.1, 0.15) is 0 Å². The maximum Gasteiger partial charge on any atom is 0.00953 e. The lowest BCUT2D eigenvalue weighted by Gasteiger charge is -2.35. The van der Waals surface area contributed by atoms with Crippen LogP contribution in [0.1, 0.15) is 39.5 Å². The Bertz CT molecular complexity index is 151. The zero-order valence-corrected chi connectivity index (χ0v) is 8.42. The van der Waals surface area contributed by atoms with E-state index in [1.165, 1.54) is 38.8 Å². The molecule has 1 saturated heterocycles. The van der Waals surface area contributed by atoms with Crippen LogP contribution in [0.4, 0.5) is 0 Å². The quantitative estimate of drug-likeness (QED) is 0.611. The molecular formula is C11H21N. The number of nitrogens with zero attached hydrogens (tertiary/aromatic N) is 1. The highest BCUT2D eigenvalue weighted by molar-refractivity contribution is 4.87. The minimum atomic E-state index is 0.882. The molecular weight excluding hydrogens is 146 g/mol. The highest BCUT2D eigenvalue weighted by Crippen LogP contribution is 2.36. The van der Waals surface area contributed by atoms with Crippen molar-refractivity contribution in [2.45, 2.75) is 45.6 Å². The first kappa shape index (κ1) is 8.55. The van der Waals surface area contributed by atoms with E-state index in [0.29, 0.717) is 0 Å². The number of likely N-dealkylation sites (tertiary alicyclic amines) is 1. The van der Waals surface area contributed by atoms with Crippen LogP contribution in [-0.4, -0.2) is 24.0 Å². The minimum Gasteiger partial charge on any atom is -0.300 e. The molecule has 0 spiro atoms. The van der Waals surface area contributed by atoms with Gasteiger partial charge in [0.15, 0.2) is 0 Å². The molecule has 0 N–H and O–H groups in total. The van der Waals surface area contributed by atoms with Gasteiger partial charge in [-0.3, -0.25) is 0 Å². The molecule has 1 heteroatoms. The van der Waals surface area contributed by atoms with Crippen LogP contribution >= 0.6 is 0 Å². The van der Waals surface area contributed by atoms with Crippen molar-refractivity contribution in [3.05, 3.63) is 0 Å². The predicted octanol–water partition coefficient (Wildman–Crippen LogP) is 2.52. The molecule has 1 heterocycles. The molecule has 0 aromatic rings. The molecule has 0 aromatic carbocycles. The third-order valence-corrected chi connectivity index (χ3v) is 3.57. The van der Waals surface area contributed by atoms with E-state index in [9.17, 15) is 0 Å². The van der Waals surface area contributed by atoms with E-state index in [4.69, 9.17) is 0 Å². The average molecular weight is 167 g/mol. The van der Waals surface area contributed by atoms with Crippen molar-refractivity contribution < 1.29 is 0 Å². The van der Waals surface area contributed by atoms with Gasteiger partial charge in [-0.2, -0.15) is 0 Å². The van der Waals surface area contributed by atoms with Gasteiger partial charge in [-0.05, 0) is 51.0 Å². The van der Waals surface area contributed by atoms with Crippen LogP contribution in [0, 0.1) is 11.8 Å². The van der Waals surface area contributed by atoms with Gasteiger partial charge in [-0.15, -0.1) is 0 Å². The molecule has 2 aliphatic rings. The van der Waals surface area contributed by atoms with E-state index < -0.39 is 0 Å². The summed E-state index contributed by atoms with van der Waals surface area (Å²) >= 11 is 0. The highest BCUT2D eigenvalue weighted by atomic mass is 15.2. The summed E-state index contributed by atoms with van der Waals surface area (Å²) in [6, 6.07) is 0.882. The molecule has 0 aromatic heterocycles. The summed E-state index contributed by atoms with van der Waals surface area (Å²) in [6.45, 7) is 7.54. The summed E-state index contributed by atoms with van der Waals surface area (Å²) < 4.78 is 0. The van der Waals surface area contributed by atoms with Crippen LogP contribution in [0.15, 0.2) is 0 Å². The van der Waals surface area contributed by atoms with Gasteiger partial charge < -0.3 is 4.90 Å². The van der Waals surface area contributed by atoms with E-state index >= 15 is 0 Å². The molecule has 2 rings (SSSR count). The lowest BCUT2D eigenvalue weighted by Crippen LogP contribution is -2.41. The van der Waals surface area contributed by atoms with Gasteiger partial charge in [0, 0.05) is 12.6 Å². The maximum atomic E-state index is 2.71. The second kappa shape index (κ2) is 3.37. The zero-order valence-electron chi connectivity index (χ0n) is 8.42. The van der Waals surface area contributed by atoms with Crippen molar-refractivity contribution in [2.75, 3.05) is 13.1 Å². The molecule has 2 fully saturated rings. The number of piperidine rings is 1. The summed E-state index contributed by atoms with van der Waals surface area (Å²) in [5.41, 5.74) is 0. The number of rotatable bonds is 2. The standard InChI is InChI=1S/C11H21N/c1-9-4-3-7-12(8-9)10(2)11-5-6-11/h9-11H,3-8H2,1-2H3. The Kier molecular flexibility index (Phi) is 2.40. The van der Waals surface area contributed by atoms with Gasteiger partial charge in [-0.1, -0.05) is 6.92 Å². The van der Waals surface area contributed by atoms with Crippen molar-refractivity contribution >= 4 is 0 Å². The number of hydrogen-bond donors (Lipinski definition) is 0. The van der Waals surface area contributed by atoms with E-state index in [1.54, 1.807) is 0 Å². The Balaban J connectivity index is 1.84. The molecule has 1 nitrogen and oxygen atoms in total. The molecule has 1 saturated carbocycles. The van der Waals surface area contributed by atoms with E-state index in [0.717, 1.165) is 17.9 Å². The van der Waals surface area contributed by atoms with Crippen LogP contribution in [0.25, 0.3) is 0 Å². The first-order valence-corrected chi connectivity index (χ1v) is 5.51. The summed E-state index contributed by atoms with van der Waals surface area (Å²) in [5, 5.41) is 0. The van der Waals surface area contributed by atoms with Crippen LogP contribution in [0.3, 0.4) is 0 Å². The van der Waals surface area contributed by atoms with E-state index in [-0.39, 0.29) is 0 Å². The Morgan fingerprint density at radius 2 is 2.00 bits per heavy atom.